The molecule has 5 nitrogen and oxygen atoms in total. The molecule has 0 atom stereocenters. The summed E-state index contributed by atoms with van der Waals surface area (Å²) in [4.78, 5) is 12.1. The van der Waals surface area contributed by atoms with Crippen molar-refractivity contribution in [2.24, 2.45) is 0 Å². The van der Waals surface area contributed by atoms with Gasteiger partial charge in [0.1, 0.15) is 12.4 Å². The van der Waals surface area contributed by atoms with Gasteiger partial charge in [0, 0.05) is 18.0 Å². The largest absolute Gasteiger partial charge is 0.463 e. The van der Waals surface area contributed by atoms with Gasteiger partial charge in [-0.25, -0.2) is 4.79 Å². The van der Waals surface area contributed by atoms with Gasteiger partial charge in [0.2, 0.25) is 0 Å². The van der Waals surface area contributed by atoms with E-state index in [-0.39, 0.29) is 12.7 Å². The van der Waals surface area contributed by atoms with Crippen LogP contribution in [0.4, 0.5) is 0 Å². The SMILES string of the molecule is CCCCOC(=O)c1cc2occc2n1COCCCl. The molecular formula is C14H18ClNO4. The van der Waals surface area contributed by atoms with Gasteiger partial charge < -0.3 is 18.5 Å². The average Bonchev–Trinajstić information content (AvgIpc) is 3.01. The molecule has 2 rings (SSSR count). The summed E-state index contributed by atoms with van der Waals surface area (Å²) in [6.07, 6.45) is 3.41. The number of esters is 1. The smallest absolute Gasteiger partial charge is 0.355 e. The van der Waals surface area contributed by atoms with Crippen molar-refractivity contribution in [2.45, 2.75) is 26.5 Å². The van der Waals surface area contributed by atoms with Crippen molar-refractivity contribution in [3.05, 3.63) is 24.1 Å². The average molecular weight is 300 g/mol. The maximum atomic E-state index is 12.1. The van der Waals surface area contributed by atoms with Crippen molar-refractivity contribution in [3.8, 4) is 0 Å². The van der Waals surface area contributed by atoms with Crippen LogP contribution in [0.15, 0.2) is 22.8 Å². The number of fused-ring (bicyclic) bond motifs is 1. The van der Waals surface area contributed by atoms with Crippen molar-refractivity contribution in [2.75, 3.05) is 19.1 Å². The molecule has 0 aliphatic heterocycles. The van der Waals surface area contributed by atoms with Crippen LogP contribution in [0, 0.1) is 0 Å². The highest BCUT2D eigenvalue weighted by Crippen LogP contribution is 2.22. The van der Waals surface area contributed by atoms with Crippen molar-refractivity contribution < 1.29 is 18.7 Å². The third-order valence-corrected chi connectivity index (χ3v) is 3.06. The van der Waals surface area contributed by atoms with Gasteiger partial charge in [0.05, 0.1) is 25.0 Å². The van der Waals surface area contributed by atoms with Gasteiger partial charge in [-0.05, 0) is 6.42 Å². The Balaban J connectivity index is 2.15. The van der Waals surface area contributed by atoms with Gasteiger partial charge in [-0.1, -0.05) is 13.3 Å². The minimum Gasteiger partial charge on any atom is -0.463 e. The Morgan fingerprint density at radius 1 is 1.45 bits per heavy atom. The topological polar surface area (TPSA) is 53.6 Å². The van der Waals surface area contributed by atoms with E-state index in [1.54, 1.807) is 23.0 Å². The number of halogens is 1. The number of alkyl halides is 1. The first kappa shape index (κ1) is 14.9. The van der Waals surface area contributed by atoms with Crippen LogP contribution in [-0.4, -0.2) is 29.6 Å². The zero-order valence-electron chi connectivity index (χ0n) is 11.4. The van der Waals surface area contributed by atoms with Gasteiger partial charge in [-0.2, -0.15) is 0 Å². The van der Waals surface area contributed by atoms with Crippen molar-refractivity contribution in [1.29, 1.82) is 0 Å². The highest BCUT2D eigenvalue weighted by Gasteiger charge is 2.18. The van der Waals surface area contributed by atoms with E-state index in [4.69, 9.17) is 25.5 Å². The number of carbonyl (C=O) groups excluding carboxylic acids is 1. The fourth-order valence-corrected chi connectivity index (χ4v) is 1.99. The molecule has 2 aromatic rings. The first-order chi connectivity index (χ1) is 9.77. The van der Waals surface area contributed by atoms with E-state index >= 15 is 0 Å². The van der Waals surface area contributed by atoms with Crippen LogP contribution in [0.5, 0.6) is 0 Å². The van der Waals surface area contributed by atoms with E-state index in [0.29, 0.717) is 30.4 Å². The monoisotopic (exact) mass is 299 g/mol. The third kappa shape index (κ3) is 3.35. The molecular weight excluding hydrogens is 282 g/mol. The predicted molar refractivity (Wildman–Crippen MR) is 76.1 cm³/mol. The quantitative estimate of drug-likeness (QED) is 0.426. The minimum absolute atomic E-state index is 0.244. The Bertz CT molecular complexity index is 561. The molecule has 0 fully saturated rings. The summed E-state index contributed by atoms with van der Waals surface area (Å²) in [5.41, 5.74) is 1.88. The summed E-state index contributed by atoms with van der Waals surface area (Å²) in [7, 11) is 0. The summed E-state index contributed by atoms with van der Waals surface area (Å²) < 4.78 is 17.7. The lowest BCUT2D eigenvalue weighted by molar-refractivity contribution is 0.0455. The Morgan fingerprint density at radius 2 is 2.30 bits per heavy atom. The molecule has 0 saturated heterocycles. The Hall–Kier alpha value is -1.46. The Kier molecular flexibility index (Phi) is 5.49. The molecule has 0 aliphatic carbocycles. The van der Waals surface area contributed by atoms with Crippen LogP contribution in [0.25, 0.3) is 11.1 Å². The van der Waals surface area contributed by atoms with Gasteiger partial charge in [0.15, 0.2) is 5.58 Å². The first-order valence-electron chi connectivity index (χ1n) is 6.65. The summed E-state index contributed by atoms with van der Waals surface area (Å²) in [6.45, 7) is 3.13. The number of unbranched alkanes of at least 4 members (excludes halogenated alkanes) is 1. The molecule has 0 N–H and O–H groups in total. The number of hydrogen-bond donors (Lipinski definition) is 0. The third-order valence-electron chi connectivity index (χ3n) is 2.90. The van der Waals surface area contributed by atoms with Crippen LogP contribution in [0.2, 0.25) is 0 Å². The maximum absolute atomic E-state index is 12.1. The van der Waals surface area contributed by atoms with Crippen LogP contribution in [0.3, 0.4) is 0 Å². The molecule has 0 saturated carbocycles. The molecule has 0 aromatic carbocycles. The summed E-state index contributed by atoms with van der Waals surface area (Å²) >= 11 is 5.58. The molecule has 20 heavy (non-hydrogen) atoms. The fourth-order valence-electron chi connectivity index (χ4n) is 1.88. The second-order valence-electron chi connectivity index (χ2n) is 4.34. The van der Waals surface area contributed by atoms with Gasteiger partial charge in [-0.15, -0.1) is 11.6 Å². The molecule has 2 aromatic heterocycles. The molecule has 2 heterocycles. The van der Waals surface area contributed by atoms with E-state index in [1.165, 1.54) is 0 Å². The number of rotatable bonds is 8. The van der Waals surface area contributed by atoms with Crippen LogP contribution in [0.1, 0.15) is 30.3 Å². The van der Waals surface area contributed by atoms with Crippen molar-refractivity contribution >= 4 is 28.7 Å². The second-order valence-corrected chi connectivity index (χ2v) is 4.72. The first-order valence-corrected chi connectivity index (χ1v) is 7.19. The molecule has 0 aliphatic rings. The molecule has 0 amide bonds. The Labute approximate surface area is 122 Å². The van der Waals surface area contributed by atoms with Crippen molar-refractivity contribution in [1.82, 2.24) is 4.57 Å². The molecule has 0 spiro atoms. The highest BCUT2D eigenvalue weighted by atomic mass is 35.5. The number of furan rings is 1. The van der Waals surface area contributed by atoms with Crippen molar-refractivity contribution in [3.63, 3.8) is 0 Å². The summed E-state index contributed by atoms with van der Waals surface area (Å²) in [5.74, 6) is 0.0471. The minimum atomic E-state index is -0.362. The highest BCUT2D eigenvalue weighted by molar-refractivity contribution is 6.17. The second kappa shape index (κ2) is 7.36. The molecule has 0 unspecified atom stereocenters. The lowest BCUT2D eigenvalue weighted by Gasteiger charge is -2.09. The predicted octanol–water partition coefficient (Wildman–Crippen LogP) is 3.40. The van der Waals surface area contributed by atoms with Gasteiger partial charge >= 0.3 is 5.97 Å². The van der Waals surface area contributed by atoms with E-state index in [9.17, 15) is 4.79 Å². The molecule has 110 valence electrons. The van der Waals surface area contributed by atoms with E-state index in [2.05, 4.69) is 0 Å². The normalized spacial score (nSPS) is 11.1. The van der Waals surface area contributed by atoms with Crippen LogP contribution in [-0.2, 0) is 16.2 Å². The lowest BCUT2D eigenvalue weighted by atomic mass is 10.3. The number of nitrogens with zero attached hydrogens (tertiary/aromatic N) is 1. The van der Waals surface area contributed by atoms with E-state index in [0.717, 1.165) is 18.4 Å². The van der Waals surface area contributed by atoms with Crippen LogP contribution >= 0.6 is 11.6 Å². The summed E-state index contributed by atoms with van der Waals surface area (Å²) in [5, 5.41) is 0. The number of carbonyl (C=O) groups is 1. The lowest BCUT2D eigenvalue weighted by Crippen LogP contribution is -2.14. The molecule has 6 heteroatoms. The molecule has 0 bridgehead atoms. The zero-order chi connectivity index (χ0) is 14.4. The number of hydrogen-bond acceptors (Lipinski definition) is 4. The van der Waals surface area contributed by atoms with E-state index < -0.39 is 0 Å². The van der Waals surface area contributed by atoms with Gasteiger partial charge in [-0.3, -0.25) is 0 Å². The number of ether oxygens (including phenoxy) is 2. The fraction of sp³-hybridized carbons (Fsp3) is 0.500. The van der Waals surface area contributed by atoms with Gasteiger partial charge in [0.25, 0.3) is 0 Å². The standard InChI is InChI=1S/C14H18ClNO4/c1-2-3-6-20-14(17)12-9-13-11(4-7-19-13)16(12)10-18-8-5-15/h4,7,9H,2-3,5-6,8,10H2,1H3. The Morgan fingerprint density at radius 3 is 3.05 bits per heavy atom. The van der Waals surface area contributed by atoms with Crippen LogP contribution < -0.4 is 0 Å². The maximum Gasteiger partial charge on any atom is 0.355 e. The number of aromatic nitrogens is 1. The van der Waals surface area contributed by atoms with E-state index in [1.807, 2.05) is 6.92 Å². The zero-order valence-corrected chi connectivity index (χ0v) is 12.2. The summed E-state index contributed by atoms with van der Waals surface area (Å²) in [6, 6.07) is 3.47. The molecule has 0 radical (unpaired) electrons.